The van der Waals surface area contributed by atoms with Crippen LogP contribution in [0.4, 0.5) is 0 Å². The lowest BCUT2D eigenvalue weighted by atomic mass is 10.0. The number of benzene rings is 2. The summed E-state index contributed by atoms with van der Waals surface area (Å²) in [6.07, 6.45) is -0.0864. The highest BCUT2D eigenvalue weighted by atomic mass is 28.3. The van der Waals surface area contributed by atoms with E-state index in [-0.39, 0.29) is 12.1 Å². The molecule has 23 heavy (non-hydrogen) atoms. The van der Waals surface area contributed by atoms with E-state index in [1.807, 2.05) is 48.5 Å². The molecule has 2 N–H and O–H groups in total. The van der Waals surface area contributed by atoms with E-state index in [0.717, 1.165) is 11.1 Å². The maximum atomic E-state index is 10.4. The highest BCUT2D eigenvalue weighted by Gasteiger charge is 2.35. The van der Waals surface area contributed by atoms with Gasteiger partial charge in [-0.3, -0.25) is 0 Å². The molecule has 3 heteroatoms. The maximum Gasteiger partial charge on any atom is 0.0901 e. The van der Waals surface area contributed by atoms with Gasteiger partial charge in [0, 0.05) is 12.1 Å². The van der Waals surface area contributed by atoms with Crippen molar-refractivity contribution in [2.75, 3.05) is 6.61 Å². The van der Waals surface area contributed by atoms with Gasteiger partial charge in [-0.1, -0.05) is 91.1 Å². The van der Waals surface area contributed by atoms with Gasteiger partial charge in [-0.15, -0.1) is 0 Å². The first kappa shape index (κ1) is 17.7. The summed E-state index contributed by atoms with van der Waals surface area (Å²) in [5, 5.41) is 21.7. The molecule has 0 fully saturated rings. The molecule has 0 amide bonds. The normalized spacial score (nSPS) is 14.3. The van der Waals surface area contributed by atoms with E-state index in [0.29, 0.717) is 6.42 Å². The molecule has 0 bridgehead atoms. The molecular weight excluding hydrogens is 300 g/mol. The molecule has 0 radical (unpaired) electrons. The average Bonchev–Trinajstić information content (AvgIpc) is 2.56. The summed E-state index contributed by atoms with van der Waals surface area (Å²) in [6.45, 7) is 8.78. The predicted molar refractivity (Wildman–Crippen MR) is 99.6 cm³/mol. The van der Waals surface area contributed by atoms with E-state index < -0.39 is 14.2 Å². The van der Waals surface area contributed by atoms with Gasteiger partial charge in [-0.25, -0.2) is 0 Å². The summed E-state index contributed by atoms with van der Waals surface area (Å²) in [5.74, 6) is 0. The number of aliphatic hydroxyl groups is 2. The molecular formula is C20H26O2Si. The van der Waals surface area contributed by atoms with Gasteiger partial charge in [0.1, 0.15) is 0 Å². The Labute approximate surface area is 140 Å². The van der Waals surface area contributed by atoms with Crippen molar-refractivity contribution in [1.82, 2.24) is 0 Å². The fraction of sp³-hybridized carbons (Fsp3) is 0.300. The van der Waals surface area contributed by atoms with Crippen molar-refractivity contribution in [3.05, 3.63) is 78.4 Å². The Balaban J connectivity index is 2.15. The minimum absolute atomic E-state index is 0.0308. The smallest absolute Gasteiger partial charge is 0.0901 e. The third kappa shape index (κ3) is 4.19. The van der Waals surface area contributed by atoms with Gasteiger partial charge in [0.25, 0.3) is 0 Å². The van der Waals surface area contributed by atoms with Crippen LogP contribution >= 0.6 is 0 Å². The van der Waals surface area contributed by atoms with Crippen molar-refractivity contribution < 1.29 is 10.2 Å². The monoisotopic (exact) mass is 326 g/mol. The Bertz CT molecular complexity index is 623. The summed E-state index contributed by atoms with van der Waals surface area (Å²) in [5.41, 5.74) is 1.86. The second-order valence-corrected chi connectivity index (χ2v) is 11.3. The summed E-state index contributed by atoms with van der Waals surface area (Å²) in [6, 6.07) is 20.0. The van der Waals surface area contributed by atoms with Crippen molar-refractivity contribution in [2.45, 2.75) is 31.2 Å². The van der Waals surface area contributed by atoms with Gasteiger partial charge < -0.3 is 10.2 Å². The van der Waals surface area contributed by atoms with Crippen LogP contribution in [0.3, 0.4) is 0 Å². The molecule has 0 unspecified atom stereocenters. The average molecular weight is 327 g/mol. The quantitative estimate of drug-likeness (QED) is 0.602. The van der Waals surface area contributed by atoms with E-state index in [4.69, 9.17) is 0 Å². The summed E-state index contributed by atoms with van der Waals surface area (Å²) < 4.78 is 0. The standard InChI is InChI=1S/C20H26O2Si/c1-16(14-19(22)17-10-6-4-7-11-17)20(15-21)23(2,3)18-12-8-5-9-13-18/h4-13,19-22H,1,14-15H2,2-3H3/t19-,20-/m0/s1. The lowest BCUT2D eigenvalue weighted by Gasteiger charge is -2.34. The van der Waals surface area contributed by atoms with Gasteiger partial charge in [0.05, 0.1) is 14.2 Å². The molecule has 0 heterocycles. The van der Waals surface area contributed by atoms with Crippen LogP contribution in [0.5, 0.6) is 0 Å². The second-order valence-electron chi connectivity index (χ2n) is 6.61. The van der Waals surface area contributed by atoms with Crippen LogP contribution in [-0.2, 0) is 0 Å². The minimum atomic E-state index is -1.90. The molecule has 0 spiro atoms. The summed E-state index contributed by atoms with van der Waals surface area (Å²) in [7, 11) is -1.90. The van der Waals surface area contributed by atoms with Crippen LogP contribution in [0.2, 0.25) is 18.6 Å². The van der Waals surface area contributed by atoms with Gasteiger partial charge in [-0.05, 0) is 12.0 Å². The molecule has 0 aliphatic carbocycles. The predicted octanol–water partition coefficient (Wildman–Crippen LogP) is 3.64. The van der Waals surface area contributed by atoms with Gasteiger partial charge >= 0.3 is 0 Å². The first-order chi connectivity index (χ1) is 11.0. The van der Waals surface area contributed by atoms with Gasteiger partial charge in [0.2, 0.25) is 0 Å². The fourth-order valence-electron chi connectivity index (χ4n) is 3.12. The highest BCUT2D eigenvalue weighted by Crippen LogP contribution is 2.34. The lowest BCUT2D eigenvalue weighted by molar-refractivity contribution is 0.175. The molecule has 0 saturated carbocycles. The molecule has 0 aliphatic heterocycles. The maximum absolute atomic E-state index is 10.4. The first-order valence-corrected chi connectivity index (χ1v) is 11.1. The molecule has 0 saturated heterocycles. The molecule has 2 nitrogen and oxygen atoms in total. The molecule has 0 aromatic heterocycles. The zero-order valence-electron chi connectivity index (χ0n) is 13.9. The summed E-state index contributed by atoms with van der Waals surface area (Å²) >= 11 is 0. The van der Waals surface area contributed by atoms with Crippen molar-refractivity contribution in [3.8, 4) is 0 Å². The molecule has 2 rings (SSSR count). The van der Waals surface area contributed by atoms with Gasteiger partial charge in [0.15, 0.2) is 0 Å². The van der Waals surface area contributed by atoms with Crippen LogP contribution in [0.1, 0.15) is 18.1 Å². The molecule has 2 aromatic rings. The Morgan fingerprint density at radius 2 is 1.52 bits per heavy atom. The van der Waals surface area contributed by atoms with E-state index in [1.54, 1.807) is 0 Å². The van der Waals surface area contributed by atoms with Crippen LogP contribution < -0.4 is 5.19 Å². The Morgan fingerprint density at radius 3 is 2.04 bits per heavy atom. The Hall–Kier alpha value is -1.68. The molecule has 2 aromatic carbocycles. The van der Waals surface area contributed by atoms with Crippen LogP contribution in [0.25, 0.3) is 0 Å². The summed E-state index contributed by atoms with van der Waals surface area (Å²) in [4.78, 5) is 0. The second kappa shape index (κ2) is 7.73. The van der Waals surface area contributed by atoms with Crippen molar-refractivity contribution >= 4 is 13.3 Å². The molecule has 0 aliphatic rings. The van der Waals surface area contributed by atoms with Gasteiger partial charge in [-0.2, -0.15) is 0 Å². The fourth-order valence-corrected chi connectivity index (χ4v) is 6.17. The number of rotatable bonds is 7. The lowest BCUT2D eigenvalue weighted by Crippen LogP contribution is -2.47. The van der Waals surface area contributed by atoms with Crippen LogP contribution in [0.15, 0.2) is 72.8 Å². The van der Waals surface area contributed by atoms with E-state index >= 15 is 0 Å². The van der Waals surface area contributed by atoms with Crippen molar-refractivity contribution in [3.63, 3.8) is 0 Å². The Morgan fingerprint density at radius 1 is 1.00 bits per heavy atom. The van der Waals surface area contributed by atoms with E-state index in [9.17, 15) is 10.2 Å². The zero-order valence-corrected chi connectivity index (χ0v) is 14.9. The van der Waals surface area contributed by atoms with Crippen molar-refractivity contribution in [2.24, 2.45) is 0 Å². The largest absolute Gasteiger partial charge is 0.396 e. The highest BCUT2D eigenvalue weighted by molar-refractivity contribution is 6.91. The minimum Gasteiger partial charge on any atom is -0.396 e. The molecule has 122 valence electrons. The Kier molecular flexibility index (Phi) is 5.94. The van der Waals surface area contributed by atoms with E-state index in [2.05, 4.69) is 31.8 Å². The third-order valence-electron chi connectivity index (χ3n) is 4.70. The SMILES string of the molecule is C=C(C[C@H](O)c1ccccc1)[C@H](CO)[Si](C)(C)c1ccccc1. The number of aliphatic hydroxyl groups excluding tert-OH is 2. The third-order valence-corrected chi connectivity index (χ3v) is 8.86. The van der Waals surface area contributed by atoms with Crippen molar-refractivity contribution in [1.29, 1.82) is 0 Å². The van der Waals surface area contributed by atoms with Crippen LogP contribution in [-0.4, -0.2) is 24.9 Å². The first-order valence-electron chi connectivity index (χ1n) is 8.04. The van der Waals surface area contributed by atoms with Crippen LogP contribution in [0, 0.1) is 0 Å². The number of hydrogen-bond donors (Lipinski definition) is 2. The number of hydrogen-bond acceptors (Lipinski definition) is 2. The zero-order chi connectivity index (χ0) is 16.9. The topological polar surface area (TPSA) is 40.5 Å². The molecule has 2 atom stereocenters. The van der Waals surface area contributed by atoms with E-state index in [1.165, 1.54) is 5.19 Å².